The fraction of sp³-hybridized carbons (Fsp3) is 0.438. The van der Waals surface area contributed by atoms with Crippen LogP contribution in [0, 0.1) is 6.92 Å². The number of halogens is 1. The molecule has 24 heavy (non-hydrogen) atoms. The number of nitrogens with one attached hydrogen (secondary N) is 1. The smallest absolute Gasteiger partial charge is 0.223 e. The summed E-state index contributed by atoms with van der Waals surface area (Å²) in [6, 6.07) is 7.85. The maximum Gasteiger partial charge on any atom is 0.223 e. The fourth-order valence-corrected chi connectivity index (χ4v) is 3.62. The van der Waals surface area contributed by atoms with Gasteiger partial charge >= 0.3 is 0 Å². The Morgan fingerprint density at radius 2 is 2.12 bits per heavy atom. The first kappa shape index (κ1) is 17.1. The lowest BCUT2D eigenvalue weighted by Gasteiger charge is -2.36. The van der Waals surface area contributed by atoms with Crippen LogP contribution in [0.15, 0.2) is 29.4 Å². The minimum Gasteiger partial charge on any atom is -0.368 e. The van der Waals surface area contributed by atoms with E-state index >= 15 is 0 Å². The summed E-state index contributed by atoms with van der Waals surface area (Å²) in [4.78, 5) is 20.7. The number of piperazine rings is 1. The number of hydrogen-bond donors (Lipinski definition) is 1. The Bertz CT molecular complexity index is 699. The lowest BCUT2D eigenvalue weighted by Crippen LogP contribution is -2.48. The van der Waals surface area contributed by atoms with Crippen molar-refractivity contribution < 1.29 is 4.79 Å². The highest BCUT2D eigenvalue weighted by atomic mass is 35.5. The van der Waals surface area contributed by atoms with Crippen molar-refractivity contribution in [2.45, 2.75) is 18.5 Å². The lowest BCUT2D eigenvalue weighted by atomic mass is 10.2. The van der Waals surface area contributed by atoms with Crippen molar-refractivity contribution in [3.63, 3.8) is 0 Å². The number of H-pyrrole nitrogens is 1. The summed E-state index contributed by atoms with van der Waals surface area (Å²) in [6.45, 7) is 5.02. The molecule has 1 aliphatic rings. The van der Waals surface area contributed by atoms with Crippen LogP contribution in [-0.2, 0) is 4.79 Å². The summed E-state index contributed by atoms with van der Waals surface area (Å²) in [7, 11) is 0. The van der Waals surface area contributed by atoms with Gasteiger partial charge in [-0.2, -0.15) is 0 Å². The van der Waals surface area contributed by atoms with Crippen LogP contribution in [0.3, 0.4) is 0 Å². The van der Waals surface area contributed by atoms with E-state index in [-0.39, 0.29) is 5.91 Å². The van der Waals surface area contributed by atoms with Crippen LogP contribution in [0.5, 0.6) is 0 Å². The van der Waals surface area contributed by atoms with Crippen LogP contribution in [0.4, 0.5) is 5.69 Å². The Morgan fingerprint density at radius 3 is 2.79 bits per heavy atom. The summed E-state index contributed by atoms with van der Waals surface area (Å²) in [5.41, 5.74) is 1.12. The fourth-order valence-electron chi connectivity index (χ4n) is 2.66. The summed E-state index contributed by atoms with van der Waals surface area (Å²) in [6.07, 6.45) is 0.509. The number of hydrogen-bond acceptors (Lipinski definition) is 5. The van der Waals surface area contributed by atoms with E-state index in [1.54, 1.807) is 0 Å². The molecule has 1 aromatic carbocycles. The minimum absolute atomic E-state index is 0.195. The molecule has 1 amide bonds. The zero-order valence-electron chi connectivity index (χ0n) is 13.5. The van der Waals surface area contributed by atoms with Gasteiger partial charge in [0.25, 0.3) is 0 Å². The van der Waals surface area contributed by atoms with Gasteiger partial charge in [-0.25, -0.2) is 4.98 Å². The van der Waals surface area contributed by atoms with Gasteiger partial charge in [-0.15, -0.1) is 5.10 Å². The zero-order chi connectivity index (χ0) is 16.9. The molecular weight excluding hydrogens is 346 g/mol. The molecule has 8 heteroatoms. The molecule has 1 N–H and O–H groups in total. The predicted octanol–water partition coefficient (Wildman–Crippen LogP) is 2.60. The number of rotatable bonds is 5. The van der Waals surface area contributed by atoms with E-state index in [1.807, 2.05) is 30.0 Å². The van der Waals surface area contributed by atoms with Gasteiger partial charge in [0.05, 0.1) is 0 Å². The summed E-state index contributed by atoms with van der Waals surface area (Å²) < 4.78 is 0. The summed E-state index contributed by atoms with van der Waals surface area (Å²) in [5, 5.41) is 8.30. The van der Waals surface area contributed by atoms with E-state index in [4.69, 9.17) is 11.6 Å². The Balaban J connectivity index is 1.43. The molecule has 1 fully saturated rings. The van der Waals surface area contributed by atoms with Gasteiger partial charge in [0.1, 0.15) is 5.82 Å². The zero-order valence-corrected chi connectivity index (χ0v) is 15.1. The largest absolute Gasteiger partial charge is 0.368 e. The number of aryl methyl sites for hydroxylation is 1. The molecule has 2 heterocycles. The van der Waals surface area contributed by atoms with Crippen LogP contribution in [0.1, 0.15) is 12.2 Å². The molecule has 2 aromatic rings. The van der Waals surface area contributed by atoms with Gasteiger partial charge in [0.15, 0.2) is 0 Å². The van der Waals surface area contributed by atoms with E-state index in [0.29, 0.717) is 17.3 Å². The Hall–Kier alpha value is -1.73. The van der Waals surface area contributed by atoms with E-state index < -0.39 is 0 Å². The van der Waals surface area contributed by atoms with Crippen molar-refractivity contribution >= 4 is 35.0 Å². The molecule has 3 rings (SSSR count). The van der Waals surface area contributed by atoms with Crippen LogP contribution in [0.2, 0.25) is 5.02 Å². The van der Waals surface area contributed by atoms with Crippen LogP contribution < -0.4 is 4.90 Å². The quantitative estimate of drug-likeness (QED) is 0.825. The molecule has 0 saturated carbocycles. The number of nitrogens with zero attached hydrogens (tertiary/aromatic N) is 4. The molecule has 0 atom stereocenters. The molecule has 0 aliphatic carbocycles. The second kappa shape index (κ2) is 7.90. The second-order valence-corrected chi connectivity index (χ2v) is 7.15. The number of carbonyl (C=O) groups is 1. The Kier molecular flexibility index (Phi) is 5.63. The normalized spacial score (nSPS) is 14.9. The van der Waals surface area contributed by atoms with E-state index in [2.05, 4.69) is 26.1 Å². The number of benzene rings is 1. The average molecular weight is 366 g/mol. The van der Waals surface area contributed by atoms with Gasteiger partial charge in [-0.3, -0.25) is 9.89 Å². The van der Waals surface area contributed by atoms with E-state index in [1.165, 1.54) is 11.8 Å². The van der Waals surface area contributed by atoms with Gasteiger partial charge in [0.2, 0.25) is 11.1 Å². The number of aromatic amines is 1. The highest BCUT2D eigenvalue weighted by molar-refractivity contribution is 7.99. The highest BCUT2D eigenvalue weighted by Crippen LogP contribution is 2.21. The van der Waals surface area contributed by atoms with Gasteiger partial charge < -0.3 is 9.80 Å². The molecule has 0 bridgehead atoms. The van der Waals surface area contributed by atoms with Crippen LogP contribution in [0.25, 0.3) is 0 Å². The highest BCUT2D eigenvalue weighted by Gasteiger charge is 2.21. The lowest BCUT2D eigenvalue weighted by molar-refractivity contribution is -0.131. The minimum atomic E-state index is 0.195. The van der Waals surface area contributed by atoms with Crippen molar-refractivity contribution in [1.82, 2.24) is 20.1 Å². The van der Waals surface area contributed by atoms with Gasteiger partial charge in [-0.1, -0.05) is 29.4 Å². The van der Waals surface area contributed by atoms with Crippen molar-refractivity contribution in [1.29, 1.82) is 0 Å². The molecule has 128 valence electrons. The first-order valence-corrected chi connectivity index (χ1v) is 9.28. The SMILES string of the molecule is Cc1nc(SCCC(=O)N2CCN(c3cccc(Cl)c3)CC2)n[nH]1. The number of anilines is 1. The van der Waals surface area contributed by atoms with Crippen molar-refractivity contribution in [2.75, 3.05) is 36.8 Å². The maximum absolute atomic E-state index is 12.3. The Morgan fingerprint density at radius 1 is 1.33 bits per heavy atom. The standard InChI is InChI=1S/C16H20ClN5OS/c1-12-18-16(20-19-12)24-10-5-15(23)22-8-6-21(7-9-22)14-4-2-3-13(17)11-14/h2-4,11H,5-10H2,1H3,(H,18,19,20). The van der Waals surface area contributed by atoms with Crippen molar-refractivity contribution in [3.05, 3.63) is 35.1 Å². The van der Waals surface area contributed by atoms with E-state index in [0.717, 1.165) is 42.7 Å². The molecule has 0 radical (unpaired) electrons. The van der Waals surface area contributed by atoms with Crippen molar-refractivity contribution in [2.24, 2.45) is 0 Å². The molecule has 1 aliphatic heterocycles. The first-order chi connectivity index (χ1) is 11.6. The van der Waals surface area contributed by atoms with Gasteiger partial charge in [-0.05, 0) is 25.1 Å². The number of amides is 1. The summed E-state index contributed by atoms with van der Waals surface area (Å²) >= 11 is 7.55. The summed E-state index contributed by atoms with van der Waals surface area (Å²) in [5.74, 6) is 1.69. The predicted molar refractivity (Wildman–Crippen MR) is 96.7 cm³/mol. The Labute approximate surface area is 150 Å². The second-order valence-electron chi connectivity index (χ2n) is 5.65. The average Bonchev–Trinajstić information content (AvgIpc) is 3.00. The van der Waals surface area contributed by atoms with Crippen molar-refractivity contribution in [3.8, 4) is 0 Å². The molecular formula is C16H20ClN5OS. The molecule has 1 aromatic heterocycles. The molecule has 1 saturated heterocycles. The topological polar surface area (TPSA) is 65.1 Å². The third-order valence-electron chi connectivity index (χ3n) is 3.93. The number of carbonyl (C=O) groups excluding carboxylic acids is 1. The molecule has 0 unspecified atom stereocenters. The first-order valence-electron chi connectivity index (χ1n) is 7.92. The third kappa shape index (κ3) is 4.42. The van der Waals surface area contributed by atoms with Crippen LogP contribution >= 0.6 is 23.4 Å². The molecule has 0 spiro atoms. The van der Waals surface area contributed by atoms with Crippen LogP contribution in [-0.4, -0.2) is 57.9 Å². The number of thioether (sulfide) groups is 1. The van der Waals surface area contributed by atoms with E-state index in [9.17, 15) is 4.79 Å². The third-order valence-corrected chi connectivity index (χ3v) is 5.01. The van der Waals surface area contributed by atoms with Gasteiger partial charge in [0, 0.05) is 49.1 Å². The monoisotopic (exact) mass is 365 g/mol. The maximum atomic E-state index is 12.3. The molecule has 6 nitrogen and oxygen atoms in total. The number of aromatic nitrogens is 3.